The summed E-state index contributed by atoms with van der Waals surface area (Å²) in [4.78, 5) is 0. The lowest BCUT2D eigenvalue weighted by Gasteiger charge is -2.14. The van der Waals surface area contributed by atoms with E-state index in [-0.39, 0.29) is 0 Å². The summed E-state index contributed by atoms with van der Waals surface area (Å²) >= 11 is 0. The summed E-state index contributed by atoms with van der Waals surface area (Å²) in [5, 5.41) is 0. The van der Waals surface area contributed by atoms with E-state index >= 15 is 0 Å². The van der Waals surface area contributed by atoms with Crippen molar-refractivity contribution < 1.29 is 9.16 Å². The highest BCUT2D eigenvalue weighted by Crippen LogP contribution is 2.14. The molecule has 0 radical (unpaired) electrons. The Morgan fingerprint density at radius 1 is 1.20 bits per heavy atom. The predicted molar refractivity (Wildman–Crippen MR) is 66.5 cm³/mol. The lowest BCUT2D eigenvalue weighted by Crippen LogP contribution is -2.21. The molecule has 0 fully saturated rings. The van der Waals surface area contributed by atoms with E-state index in [1.165, 1.54) is 0 Å². The Labute approximate surface area is 92.7 Å². The van der Waals surface area contributed by atoms with Gasteiger partial charge in [-0.05, 0) is 43.4 Å². The Morgan fingerprint density at radius 2 is 1.93 bits per heavy atom. The van der Waals surface area contributed by atoms with Crippen LogP contribution in [0.25, 0.3) is 6.08 Å². The summed E-state index contributed by atoms with van der Waals surface area (Å²) < 4.78 is 10.8. The average molecular weight is 222 g/mol. The highest BCUT2D eigenvalue weighted by molar-refractivity contribution is 6.69. The molecule has 2 nitrogen and oxygen atoms in total. The van der Waals surface area contributed by atoms with Crippen molar-refractivity contribution in [2.24, 2.45) is 0 Å². The zero-order valence-electron chi connectivity index (χ0n) is 9.78. The second kappa shape index (κ2) is 5.03. The predicted octanol–water partition coefficient (Wildman–Crippen LogP) is 3.52. The highest BCUT2D eigenvalue weighted by Gasteiger charge is 2.12. The smallest absolute Gasteiger partial charge is 0.241 e. The van der Waals surface area contributed by atoms with Crippen LogP contribution in [0.1, 0.15) is 5.56 Å². The molecule has 0 bridgehead atoms. The molecular weight excluding hydrogens is 204 g/mol. The van der Waals surface area contributed by atoms with Gasteiger partial charge >= 0.3 is 0 Å². The van der Waals surface area contributed by atoms with Crippen molar-refractivity contribution in [3.05, 3.63) is 36.1 Å². The molecule has 1 aromatic rings. The summed E-state index contributed by atoms with van der Waals surface area (Å²) in [6.07, 6.45) is 3.74. The van der Waals surface area contributed by atoms with Crippen molar-refractivity contribution in [3.8, 4) is 5.75 Å². The average Bonchev–Trinajstić information content (AvgIpc) is 2.16. The van der Waals surface area contributed by atoms with Gasteiger partial charge < -0.3 is 9.16 Å². The van der Waals surface area contributed by atoms with Crippen LogP contribution in [0.3, 0.4) is 0 Å². The summed E-state index contributed by atoms with van der Waals surface area (Å²) in [6, 6.07) is 7.89. The summed E-state index contributed by atoms with van der Waals surface area (Å²) in [5.74, 6) is 0.866. The van der Waals surface area contributed by atoms with Crippen LogP contribution in [0.15, 0.2) is 30.5 Å². The van der Waals surface area contributed by atoms with Gasteiger partial charge in [0.15, 0.2) is 0 Å². The van der Waals surface area contributed by atoms with Gasteiger partial charge in [-0.25, -0.2) is 0 Å². The molecule has 0 aliphatic rings. The largest absolute Gasteiger partial charge is 0.550 e. The van der Waals surface area contributed by atoms with E-state index in [0.29, 0.717) is 0 Å². The van der Waals surface area contributed by atoms with Crippen molar-refractivity contribution in [2.75, 3.05) is 7.11 Å². The number of rotatable bonds is 4. The molecular formula is C12H18O2Si. The van der Waals surface area contributed by atoms with E-state index in [2.05, 4.69) is 19.6 Å². The number of hydrogen-bond donors (Lipinski definition) is 0. The van der Waals surface area contributed by atoms with E-state index < -0.39 is 8.32 Å². The van der Waals surface area contributed by atoms with Crippen molar-refractivity contribution in [1.29, 1.82) is 0 Å². The highest BCUT2D eigenvalue weighted by atomic mass is 28.4. The Bertz CT molecular complexity index is 340. The molecule has 0 aliphatic carbocycles. The van der Waals surface area contributed by atoms with Gasteiger partial charge in [-0.1, -0.05) is 12.1 Å². The van der Waals surface area contributed by atoms with Crippen LogP contribution in [0, 0.1) is 0 Å². The van der Waals surface area contributed by atoms with Crippen molar-refractivity contribution in [2.45, 2.75) is 19.6 Å². The van der Waals surface area contributed by atoms with Crippen LogP contribution in [-0.2, 0) is 4.43 Å². The molecule has 0 saturated carbocycles. The fourth-order valence-corrected chi connectivity index (χ4v) is 1.54. The number of ether oxygens (including phenoxy) is 1. The molecule has 0 spiro atoms. The monoisotopic (exact) mass is 222 g/mol. The van der Waals surface area contributed by atoms with E-state index in [9.17, 15) is 0 Å². The Hall–Kier alpha value is -1.22. The van der Waals surface area contributed by atoms with Crippen molar-refractivity contribution >= 4 is 14.4 Å². The van der Waals surface area contributed by atoms with Gasteiger partial charge in [0, 0.05) is 0 Å². The fourth-order valence-electron chi connectivity index (χ4n) is 1.06. The van der Waals surface area contributed by atoms with Crippen LogP contribution in [-0.4, -0.2) is 15.4 Å². The van der Waals surface area contributed by atoms with Crippen LogP contribution in [0.2, 0.25) is 19.6 Å². The zero-order valence-corrected chi connectivity index (χ0v) is 10.8. The third-order valence-corrected chi connectivity index (χ3v) is 2.62. The van der Waals surface area contributed by atoms with Gasteiger partial charge in [-0.2, -0.15) is 0 Å². The first-order valence-electron chi connectivity index (χ1n) is 5.00. The van der Waals surface area contributed by atoms with Crippen LogP contribution in [0.4, 0.5) is 0 Å². The number of hydrogen-bond acceptors (Lipinski definition) is 2. The molecule has 15 heavy (non-hydrogen) atoms. The summed E-state index contributed by atoms with van der Waals surface area (Å²) in [5.41, 5.74) is 1.09. The van der Waals surface area contributed by atoms with Gasteiger partial charge in [0.25, 0.3) is 0 Å². The van der Waals surface area contributed by atoms with Gasteiger partial charge in [-0.15, -0.1) is 0 Å². The Balaban J connectivity index is 2.64. The van der Waals surface area contributed by atoms with E-state index in [0.717, 1.165) is 11.3 Å². The maximum atomic E-state index is 5.62. The van der Waals surface area contributed by atoms with Gasteiger partial charge in [0.05, 0.1) is 13.4 Å². The van der Waals surface area contributed by atoms with Gasteiger partial charge in [-0.3, -0.25) is 0 Å². The molecule has 0 atom stereocenters. The maximum Gasteiger partial charge on any atom is 0.241 e. The molecule has 0 aromatic heterocycles. The summed E-state index contributed by atoms with van der Waals surface area (Å²) in [6.45, 7) is 6.47. The standard InChI is InChI=1S/C12H18O2Si/c1-13-12-7-5-6-11(10-12)8-9-14-15(2,3)4/h5-10H,1-4H3. The molecule has 1 aromatic carbocycles. The maximum absolute atomic E-state index is 5.62. The normalized spacial score (nSPS) is 11.7. The van der Waals surface area contributed by atoms with Crippen molar-refractivity contribution in [3.63, 3.8) is 0 Å². The summed E-state index contributed by atoms with van der Waals surface area (Å²) in [7, 11) is 0.217. The first-order valence-corrected chi connectivity index (χ1v) is 8.40. The van der Waals surface area contributed by atoms with Gasteiger partial charge in [0.1, 0.15) is 5.75 Å². The van der Waals surface area contributed by atoms with Crippen LogP contribution >= 0.6 is 0 Å². The van der Waals surface area contributed by atoms with Crippen LogP contribution in [0.5, 0.6) is 5.75 Å². The Kier molecular flexibility index (Phi) is 3.97. The first kappa shape index (κ1) is 11.8. The molecule has 0 amide bonds. The third-order valence-electron chi connectivity index (χ3n) is 1.78. The molecule has 0 aliphatic heterocycles. The first-order chi connectivity index (χ1) is 7.01. The second-order valence-corrected chi connectivity index (χ2v) is 8.77. The zero-order chi connectivity index (χ0) is 11.3. The Morgan fingerprint density at radius 3 is 2.53 bits per heavy atom. The minimum atomic E-state index is -1.45. The molecule has 1 rings (SSSR count). The van der Waals surface area contributed by atoms with E-state index in [1.807, 2.05) is 30.3 Å². The number of methoxy groups -OCH3 is 1. The SMILES string of the molecule is COc1cccc(C=CO[Si](C)(C)C)c1. The van der Waals surface area contributed by atoms with Gasteiger partial charge in [0.2, 0.25) is 8.32 Å². The van der Waals surface area contributed by atoms with E-state index in [4.69, 9.17) is 9.16 Å². The molecule has 0 saturated heterocycles. The lowest BCUT2D eigenvalue weighted by molar-refractivity contribution is 0.414. The molecule has 82 valence electrons. The quantitative estimate of drug-likeness (QED) is 0.573. The van der Waals surface area contributed by atoms with E-state index in [1.54, 1.807) is 13.4 Å². The third kappa shape index (κ3) is 4.70. The molecule has 3 heteroatoms. The topological polar surface area (TPSA) is 18.5 Å². The van der Waals surface area contributed by atoms with Crippen molar-refractivity contribution in [1.82, 2.24) is 0 Å². The minimum absolute atomic E-state index is 0.866. The fraction of sp³-hybridized carbons (Fsp3) is 0.333. The lowest BCUT2D eigenvalue weighted by atomic mass is 10.2. The molecule has 0 heterocycles. The second-order valence-electron chi connectivity index (χ2n) is 4.31. The van der Waals surface area contributed by atoms with Crippen LogP contribution < -0.4 is 4.74 Å². The molecule has 0 N–H and O–H groups in total. The number of benzene rings is 1. The molecule has 0 unspecified atom stereocenters. The minimum Gasteiger partial charge on any atom is -0.550 e.